The highest BCUT2D eigenvalue weighted by Gasteiger charge is 2.19. The molecule has 1 N–H and O–H groups in total. The molecular weight excluding hydrogens is 254 g/mol. The summed E-state index contributed by atoms with van der Waals surface area (Å²) in [5.74, 6) is 0.565. The Morgan fingerprint density at radius 3 is 2.75 bits per heavy atom. The second-order valence-corrected chi connectivity index (χ2v) is 5.86. The van der Waals surface area contributed by atoms with Gasteiger partial charge in [-0.2, -0.15) is 0 Å². The summed E-state index contributed by atoms with van der Waals surface area (Å²) in [6.45, 7) is 6.90. The molecule has 1 aliphatic heterocycles. The molecule has 1 heterocycles. The summed E-state index contributed by atoms with van der Waals surface area (Å²) in [5, 5.41) is 14.4. The smallest absolute Gasteiger partial charge is 0.292 e. The summed E-state index contributed by atoms with van der Waals surface area (Å²) in [5.41, 5.74) is 2.86. The minimum atomic E-state index is -0.304. The van der Waals surface area contributed by atoms with Crippen molar-refractivity contribution in [3.63, 3.8) is 0 Å². The van der Waals surface area contributed by atoms with Gasteiger partial charge in [0.1, 0.15) is 5.69 Å². The van der Waals surface area contributed by atoms with Crippen LogP contribution in [-0.4, -0.2) is 36.5 Å². The van der Waals surface area contributed by atoms with Gasteiger partial charge in [-0.25, -0.2) is 0 Å². The standard InChI is InChI=1S/C15H23N3O2/c1-11-7-14(15(18(19)20)8-12(11)2)16-9-13-5-4-6-17(3)10-13/h7-8,13,16H,4-6,9-10H2,1-3H3. The lowest BCUT2D eigenvalue weighted by atomic mass is 9.98. The predicted octanol–water partition coefficient (Wildman–Crippen LogP) is 2.97. The molecule has 0 bridgehead atoms. The van der Waals surface area contributed by atoms with E-state index in [1.54, 1.807) is 6.07 Å². The van der Waals surface area contributed by atoms with Gasteiger partial charge in [0, 0.05) is 19.2 Å². The number of rotatable bonds is 4. The molecule has 1 aliphatic rings. The maximum atomic E-state index is 11.1. The Morgan fingerprint density at radius 2 is 2.10 bits per heavy atom. The molecule has 1 aromatic rings. The van der Waals surface area contributed by atoms with Crippen LogP contribution in [0.25, 0.3) is 0 Å². The highest BCUT2D eigenvalue weighted by Crippen LogP contribution is 2.28. The fraction of sp³-hybridized carbons (Fsp3) is 0.600. The van der Waals surface area contributed by atoms with Gasteiger partial charge >= 0.3 is 0 Å². The number of nitrogens with one attached hydrogen (secondary N) is 1. The fourth-order valence-electron chi connectivity index (χ4n) is 2.79. The fourth-order valence-corrected chi connectivity index (χ4v) is 2.79. The van der Waals surface area contributed by atoms with Crippen LogP contribution in [0.5, 0.6) is 0 Å². The minimum Gasteiger partial charge on any atom is -0.379 e. The Kier molecular flexibility index (Phi) is 4.60. The van der Waals surface area contributed by atoms with E-state index in [0.29, 0.717) is 11.6 Å². The van der Waals surface area contributed by atoms with Crippen LogP contribution in [-0.2, 0) is 0 Å². The molecule has 0 radical (unpaired) electrons. The van der Waals surface area contributed by atoms with Crippen molar-refractivity contribution in [2.24, 2.45) is 5.92 Å². The van der Waals surface area contributed by atoms with Gasteiger partial charge in [-0.15, -0.1) is 0 Å². The summed E-state index contributed by atoms with van der Waals surface area (Å²) in [6.07, 6.45) is 2.40. The molecule has 1 fully saturated rings. The van der Waals surface area contributed by atoms with E-state index in [-0.39, 0.29) is 10.6 Å². The van der Waals surface area contributed by atoms with E-state index in [2.05, 4.69) is 17.3 Å². The van der Waals surface area contributed by atoms with Crippen molar-refractivity contribution in [1.29, 1.82) is 0 Å². The number of benzene rings is 1. The summed E-state index contributed by atoms with van der Waals surface area (Å²) in [4.78, 5) is 13.2. The lowest BCUT2D eigenvalue weighted by Crippen LogP contribution is -2.35. The van der Waals surface area contributed by atoms with E-state index in [1.807, 2.05) is 19.9 Å². The number of hydrogen-bond acceptors (Lipinski definition) is 4. The average Bonchev–Trinajstić information content (AvgIpc) is 2.39. The van der Waals surface area contributed by atoms with Crippen LogP contribution >= 0.6 is 0 Å². The normalized spacial score (nSPS) is 19.9. The molecular formula is C15H23N3O2. The van der Waals surface area contributed by atoms with Gasteiger partial charge < -0.3 is 10.2 Å². The predicted molar refractivity (Wildman–Crippen MR) is 81.3 cm³/mol. The van der Waals surface area contributed by atoms with Gasteiger partial charge in [0.2, 0.25) is 0 Å². The highest BCUT2D eigenvalue weighted by atomic mass is 16.6. The van der Waals surface area contributed by atoms with Crippen molar-refractivity contribution in [3.8, 4) is 0 Å². The Balaban J connectivity index is 2.08. The van der Waals surface area contributed by atoms with Gasteiger partial charge in [-0.3, -0.25) is 10.1 Å². The number of nitrogens with zero attached hydrogens (tertiary/aromatic N) is 2. The molecule has 1 saturated heterocycles. The molecule has 1 unspecified atom stereocenters. The van der Waals surface area contributed by atoms with Crippen LogP contribution in [0.2, 0.25) is 0 Å². The molecule has 0 aromatic heterocycles. The largest absolute Gasteiger partial charge is 0.379 e. The minimum absolute atomic E-state index is 0.178. The molecule has 1 atom stereocenters. The van der Waals surface area contributed by atoms with Crippen molar-refractivity contribution in [2.45, 2.75) is 26.7 Å². The number of hydrogen-bond donors (Lipinski definition) is 1. The highest BCUT2D eigenvalue weighted by molar-refractivity contribution is 5.64. The zero-order valence-electron chi connectivity index (χ0n) is 12.5. The van der Waals surface area contributed by atoms with Crippen LogP contribution < -0.4 is 5.32 Å². The number of aryl methyl sites for hydroxylation is 2. The van der Waals surface area contributed by atoms with Gasteiger partial charge in [-0.1, -0.05) is 0 Å². The van der Waals surface area contributed by atoms with Crippen molar-refractivity contribution in [1.82, 2.24) is 4.90 Å². The maximum absolute atomic E-state index is 11.1. The Bertz CT molecular complexity index is 502. The van der Waals surface area contributed by atoms with Gasteiger partial charge in [0.05, 0.1) is 4.92 Å². The number of piperidine rings is 1. The molecule has 0 aliphatic carbocycles. The van der Waals surface area contributed by atoms with Crippen LogP contribution in [0.1, 0.15) is 24.0 Å². The molecule has 0 amide bonds. The first-order valence-electron chi connectivity index (χ1n) is 7.15. The topological polar surface area (TPSA) is 58.4 Å². The Morgan fingerprint density at radius 1 is 1.40 bits per heavy atom. The SMILES string of the molecule is Cc1cc(NCC2CCCN(C)C2)c([N+](=O)[O-])cc1C. The molecule has 20 heavy (non-hydrogen) atoms. The quantitative estimate of drug-likeness (QED) is 0.679. The van der Waals surface area contributed by atoms with Crippen molar-refractivity contribution in [2.75, 3.05) is 32.0 Å². The first kappa shape index (κ1) is 14.8. The number of likely N-dealkylation sites (tertiary alicyclic amines) is 1. The third kappa shape index (κ3) is 3.48. The molecule has 1 aromatic carbocycles. The monoisotopic (exact) mass is 277 g/mol. The third-order valence-corrected chi connectivity index (χ3v) is 4.11. The number of nitro groups is 1. The van der Waals surface area contributed by atoms with E-state index in [9.17, 15) is 10.1 Å². The maximum Gasteiger partial charge on any atom is 0.292 e. The zero-order valence-corrected chi connectivity index (χ0v) is 12.5. The third-order valence-electron chi connectivity index (χ3n) is 4.11. The van der Waals surface area contributed by atoms with E-state index < -0.39 is 0 Å². The summed E-state index contributed by atoms with van der Waals surface area (Å²) in [7, 11) is 2.13. The van der Waals surface area contributed by atoms with Gasteiger partial charge in [-0.05, 0) is 63.4 Å². The molecule has 110 valence electrons. The molecule has 5 nitrogen and oxygen atoms in total. The number of anilines is 1. The molecule has 2 rings (SSSR count). The Hall–Kier alpha value is -1.62. The summed E-state index contributed by atoms with van der Waals surface area (Å²) >= 11 is 0. The summed E-state index contributed by atoms with van der Waals surface area (Å²) in [6, 6.07) is 3.55. The lowest BCUT2D eigenvalue weighted by molar-refractivity contribution is -0.384. The van der Waals surface area contributed by atoms with Gasteiger partial charge in [0.15, 0.2) is 0 Å². The van der Waals surface area contributed by atoms with Gasteiger partial charge in [0.25, 0.3) is 5.69 Å². The first-order chi connectivity index (χ1) is 9.47. The second kappa shape index (κ2) is 6.22. The zero-order chi connectivity index (χ0) is 14.7. The van der Waals surface area contributed by atoms with Crippen LogP contribution in [0, 0.1) is 29.9 Å². The van der Waals surface area contributed by atoms with E-state index in [0.717, 1.165) is 30.8 Å². The van der Waals surface area contributed by atoms with Crippen molar-refractivity contribution in [3.05, 3.63) is 33.4 Å². The van der Waals surface area contributed by atoms with Crippen LogP contribution in [0.4, 0.5) is 11.4 Å². The van der Waals surface area contributed by atoms with Crippen molar-refractivity contribution >= 4 is 11.4 Å². The lowest BCUT2D eigenvalue weighted by Gasteiger charge is -2.29. The van der Waals surface area contributed by atoms with E-state index in [4.69, 9.17) is 0 Å². The van der Waals surface area contributed by atoms with E-state index in [1.165, 1.54) is 12.8 Å². The Labute approximate surface area is 120 Å². The first-order valence-corrected chi connectivity index (χ1v) is 7.15. The molecule has 5 heteroatoms. The summed E-state index contributed by atoms with van der Waals surface area (Å²) < 4.78 is 0. The molecule has 0 saturated carbocycles. The average molecular weight is 277 g/mol. The number of nitro benzene ring substituents is 1. The molecule has 0 spiro atoms. The van der Waals surface area contributed by atoms with E-state index >= 15 is 0 Å². The van der Waals surface area contributed by atoms with Crippen LogP contribution in [0.3, 0.4) is 0 Å². The second-order valence-electron chi connectivity index (χ2n) is 5.86. The van der Waals surface area contributed by atoms with Crippen LogP contribution in [0.15, 0.2) is 12.1 Å². The van der Waals surface area contributed by atoms with Crippen molar-refractivity contribution < 1.29 is 4.92 Å².